The summed E-state index contributed by atoms with van der Waals surface area (Å²) in [7, 11) is 3.23. The minimum absolute atomic E-state index is 0.571. The van der Waals surface area contributed by atoms with E-state index in [1.54, 1.807) is 14.2 Å². The molecule has 0 spiro atoms. The third-order valence-electron chi connectivity index (χ3n) is 4.88. The summed E-state index contributed by atoms with van der Waals surface area (Å²) < 4.78 is 12.8. The van der Waals surface area contributed by atoms with Crippen molar-refractivity contribution in [3.05, 3.63) is 42.0 Å². The van der Waals surface area contributed by atoms with E-state index >= 15 is 0 Å². The zero-order valence-electron chi connectivity index (χ0n) is 15.4. The third-order valence-corrected chi connectivity index (χ3v) is 4.88. The van der Waals surface area contributed by atoms with E-state index in [0.29, 0.717) is 28.7 Å². The summed E-state index contributed by atoms with van der Waals surface area (Å²) in [5, 5.41) is 23.0. The Bertz CT molecular complexity index is 936. The number of aromatic nitrogens is 3. The number of aliphatic hydroxyl groups excluding tert-OH is 1. The van der Waals surface area contributed by atoms with Crippen LogP contribution in [0, 0.1) is 0 Å². The van der Waals surface area contributed by atoms with Crippen molar-refractivity contribution in [2.24, 2.45) is 0 Å². The summed E-state index contributed by atoms with van der Waals surface area (Å²) >= 11 is 0. The molecule has 0 saturated carbocycles. The highest BCUT2D eigenvalue weighted by Gasteiger charge is 2.25. The summed E-state index contributed by atoms with van der Waals surface area (Å²) in [5.74, 6) is 1.89. The summed E-state index contributed by atoms with van der Waals surface area (Å²) in [5.41, 5.74) is 2.08. The fourth-order valence-electron chi connectivity index (χ4n) is 3.48. The molecule has 3 heterocycles. The van der Waals surface area contributed by atoms with E-state index in [4.69, 9.17) is 9.47 Å². The Morgan fingerprint density at radius 2 is 1.81 bits per heavy atom. The Hall–Kier alpha value is -2.68. The smallest absolute Gasteiger partial charge is 0.200 e. The van der Waals surface area contributed by atoms with Crippen molar-refractivity contribution in [1.82, 2.24) is 24.8 Å². The lowest BCUT2D eigenvalue weighted by Crippen LogP contribution is -2.45. The average molecular weight is 369 g/mol. The van der Waals surface area contributed by atoms with Crippen LogP contribution >= 0.6 is 0 Å². The van der Waals surface area contributed by atoms with E-state index in [9.17, 15) is 5.11 Å². The number of rotatable bonds is 5. The van der Waals surface area contributed by atoms with Crippen LogP contribution in [0.25, 0.3) is 17.0 Å². The number of nitrogens with one attached hydrogen (secondary N) is 1. The first-order valence-electron chi connectivity index (χ1n) is 8.93. The molecule has 0 bridgehead atoms. The van der Waals surface area contributed by atoms with Crippen molar-refractivity contribution in [1.29, 1.82) is 0 Å². The first-order chi connectivity index (χ1) is 13.2. The lowest BCUT2D eigenvalue weighted by Gasteiger charge is -2.31. The van der Waals surface area contributed by atoms with Crippen molar-refractivity contribution in [2.75, 3.05) is 40.4 Å². The molecule has 27 heavy (non-hydrogen) atoms. The van der Waals surface area contributed by atoms with E-state index in [-0.39, 0.29) is 0 Å². The van der Waals surface area contributed by atoms with Crippen molar-refractivity contribution in [3.63, 3.8) is 0 Å². The van der Waals surface area contributed by atoms with E-state index in [1.807, 2.05) is 45.7 Å². The first kappa shape index (κ1) is 17.7. The molecule has 1 fully saturated rings. The molecule has 8 heteroatoms. The van der Waals surface area contributed by atoms with Gasteiger partial charge in [-0.3, -0.25) is 4.90 Å². The maximum absolute atomic E-state index is 10.9. The van der Waals surface area contributed by atoms with Crippen molar-refractivity contribution in [3.8, 4) is 23.0 Å². The molecule has 1 aliphatic rings. The number of hydrogen-bond donors (Lipinski definition) is 2. The molecule has 142 valence electrons. The number of pyridine rings is 1. The third kappa shape index (κ3) is 3.12. The molecule has 1 atom stereocenters. The quantitative estimate of drug-likeness (QED) is 0.701. The van der Waals surface area contributed by atoms with Crippen molar-refractivity contribution < 1.29 is 14.6 Å². The van der Waals surface area contributed by atoms with Gasteiger partial charge in [-0.2, -0.15) is 0 Å². The molecule has 2 aromatic heterocycles. The van der Waals surface area contributed by atoms with Crippen LogP contribution in [0.1, 0.15) is 11.8 Å². The number of aliphatic hydroxyl groups is 1. The predicted octanol–water partition coefficient (Wildman–Crippen LogP) is 1.31. The number of piperazine rings is 1. The summed E-state index contributed by atoms with van der Waals surface area (Å²) in [6, 6.07) is 11.3. The van der Waals surface area contributed by atoms with Gasteiger partial charge in [0, 0.05) is 31.7 Å². The molecule has 1 aliphatic heterocycles. The maximum atomic E-state index is 10.9. The van der Waals surface area contributed by atoms with Crippen LogP contribution in [-0.2, 0) is 0 Å². The van der Waals surface area contributed by atoms with Crippen LogP contribution in [0.3, 0.4) is 0 Å². The summed E-state index contributed by atoms with van der Waals surface area (Å²) in [6.45, 7) is 3.24. The highest BCUT2D eigenvalue weighted by Crippen LogP contribution is 2.33. The Balaban J connectivity index is 1.86. The molecule has 4 rings (SSSR count). The highest BCUT2D eigenvalue weighted by atomic mass is 16.5. The molecule has 2 N–H and O–H groups in total. The molecule has 0 radical (unpaired) electrons. The second kappa shape index (κ2) is 7.51. The largest absolute Gasteiger partial charge is 0.496 e. The lowest BCUT2D eigenvalue weighted by atomic mass is 10.1. The zero-order chi connectivity index (χ0) is 18.8. The van der Waals surface area contributed by atoms with Gasteiger partial charge in [0.15, 0.2) is 11.5 Å². The van der Waals surface area contributed by atoms with Gasteiger partial charge in [-0.15, -0.1) is 10.2 Å². The SMILES string of the molecule is COc1ccccc1-c1nnc2c(C(O)N3CCNCC3)ccc(OC)n12. The van der Waals surface area contributed by atoms with Gasteiger partial charge in [0.2, 0.25) is 5.88 Å². The fraction of sp³-hybridized carbons (Fsp3) is 0.368. The molecule has 0 amide bonds. The van der Waals surface area contributed by atoms with Gasteiger partial charge in [0.05, 0.1) is 19.8 Å². The molecule has 1 saturated heterocycles. The van der Waals surface area contributed by atoms with Gasteiger partial charge in [0.1, 0.15) is 12.0 Å². The lowest BCUT2D eigenvalue weighted by molar-refractivity contribution is -0.00479. The highest BCUT2D eigenvalue weighted by molar-refractivity contribution is 5.68. The molecular formula is C19H23N5O3. The Labute approximate surface area is 157 Å². The number of hydrogen-bond acceptors (Lipinski definition) is 7. The topological polar surface area (TPSA) is 84.2 Å². The number of para-hydroxylation sites is 1. The van der Waals surface area contributed by atoms with Crippen LogP contribution in [0.2, 0.25) is 0 Å². The predicted molar refractivity (Wildman–Crippen MR) is 101 cm³/mol. The van der Waals surface area contributed by atoms with Gasteiger partial charge in [-0.05, 0) is 24.3 Å². The Morgan fingerprint density at radius 1 is 1.04 bits per heavy atom. The molecule has 3 aromatic rings. The number of fused-ring (bicyclic) bond motifs is 1. The molecule has 8 nitrogen and oxygen atoms in total. The normalized spacial score (nSPS) is 16.4. The minimum Gasteiger partial charge on any atom is -0.496 e. The minimum atomic E-state index is -0.754. The second-order valence-electron chi connectivity index (χ2n) is 6.37. The van der Waals surface area contributed by atoms with E-state index in [2.05, 4.69) is 15.5 Å². The van der Waals surface area contributed by atoms with Crippen molar-refractivity contribution in [2.45, 2.75) is 6.23 Å². The molecule has 1 unspecified atom stereocenters. The van der Waals surface area contributed by atoms with E-state index in [0.717, 1.165) is 31.7 Å². The van der Waals surface area contributed by atoms with Gasteiger partial charge >= 0.3 is 0 Å². The summed E-state index contributed by atoms with van der Waals surface area (Å²) in [6.07, 6.45) is -0.754. The van der Waals surface area contributed by atoms with Crippen LogP contribution in [0.15, 0.2) is 36.4 Å². The second-order valence-corrected chi connectivity index (χ2v) is 6.37. The van der Waals surface area contributed by atoms with Crippen LogP contribution in [-0.4, -0.2) is 65.0 Å². The van der Waals surface area contributed by atoms with Crippen LogP contribution in [0.5, 0.6) is 11.6 Å². The first-order valence-corrected chi connectivity index (χ1v) is 8.93. The molecule has 1 aromatic carbocycles. The van der Waals surface area contributed by atoms with Gasteiger partial charge in [-0.1, -0.05) is 12.1 Å². The van der Waals surface area contributed by atoms with Crippen molar-refractivity contribution >= 4 is 5.65 Å². The van der Waals surface area contributed by atoms with Crippen LogP contribution < -0.4 is 14.8 Å². The monoisotopic (exact) mass is 369 g/mol. The van der Waals surface area contributed by atoms with E-state index < -0.39 is 6.23 Å². The molecular weight excluding hydrogens is 346 g/mol. The maximum Gasteiger partial charge on any atom is 0.200 e. The van der Waals surface area contributed by atoms with Gasteiger partial charge < -0.3 is 19.9 Å². The van der Waals surface area contributed by atoms with Gasteiger partial charge in [0.25, 0.3) is 0 Å². The number of methoxy groups -OCH3 is 2. The molecule has 0 aliphatic carbocycles. The average Bonchev–Trinajstić information content (AvgIpc) is 3.18. The standard InChI is InChI=1S/C19H23N5O3/c1-26-15-6-4-3-5-13(15)17-21-22-18-14(7-8-16(27-2)24(17)18)19(25)23-11-9-20-10-12-23/h3-8,19-20,25H,9-12H2,1-2H3. The van der Waals surface area contributed by atoms with E-state index in [1.165, 1.54) is 0 Å². The van der Waals surface area contributed by atoms with Gasteiger partial charge in [-0.25, -0.2) is 4.40 Å². The zero-order valence-corrected chi connectivity index (χ0v) is 15.4. The Kier molecular flexibility index (Phi) is 4.93. The number of nitrogens with zero attached hydrogens (tertiary/aromatic N) is 4. The number of ether oxygens (including phenoxy) is 2. The number of benzene rings is 1. The Morgan fingerprint density at radius 3 is 2.56 bits per heavy atom. The summed E-state index contributed by atoms with van der Waals surface area (Å²) in [4.78, 5) is 2.02. The fourth-order valence-corrected chi connectivity index (χ4v) is 3.48. The van der Waals surface area contributed by atoms with Crippen LogP contribution in [0.4, 0.5) is 0 Å².